The minimum atomic E-state index is -3.33. The van der Waals surface area contributed by atoms with Crippen molar-refractivity contribution in [2.75, 3.05) is 5.75 Å². The Morgan fingerprint density at radius 2 is 1.79 bits per heavy atom. The van der Waals surface area contributed by atoms with Crippen LogP contribution in [0, 0.1) is 17.3 Å². The predicted octanol–water partition coefficient (Wildman–Crippen LogP) is 3.68. The van der Waals surface area contributed by atoms with Gasteiger partial charge in [0.05, 0.1) is 22.1 Å². The summed E-state index contributed by atoms with van der Waals surface area (Å²) < 4.78 is 25.0. The van der Waals surface area contributed by atoms with Crippen LogP contribution in [0.15, 0.2) is 59.5 Å². The predicted molar refractivity (Wildman–Crippen MR) is 107 cm³/mol. The van der Waals surface area contributed by atoms with Crippen LogP contribution in [-0.2, 0) is 21.1 Å². The lowest BCUT2D eigenvalue weighted by Gasteiger charge is -2.37. The van der Waals surface area contributed by atoms with Crippen LogP contribution in [-0.4, -0.2) is 20.1 Å². The number of fused-ring (bicyclic) bond motifs is 3. The van der Waals surface area contributed by atoms with Gasteiger partial charge in [-0.2, -0.15) is 0 Å². The minimum Gasteiger partial charge on any atom is -0.348 e. The molecule has 5 rings (SSSR count). The molecule has 4 atom stereocenters. The highest BCUT2D eigenvalue weighted by molar-refractivity contribution is 7.91. The summed E-state index contributed by atoms with van der Waals surface area (Å²) in [5, 5.41) is 3.16. The molecule has 2 saturated carbocycles. The molecule has 0 saturated heterocycles. The first-order chi connectivity index (χ1) is 13.5. The van der Waals surface area contributed by atoms with Crippen LogP contribution in [0.5, 0.6) is 0 Å². The molecule has 0 spiro atoms. The van der Waals surface area contributed by atoms with Gasteiger partial charge in [0.1, 0.15) is 0 Å². The Balaban J connectivity index is 1.45. The highest BCUT2D eigenvalue weighted by atomic mass is 32.2. The van der Waals surface area contributed by atoms with Crippen LogP contribution in [0.3, 0.4) is 0 Å². The fourth-order valence-corrected chi connectivity index (χ4v) is 7.59. The molecule has 28 heavy (non-hydrogen) atoms. The van der Waals surface area contributed by atoms with Crippen LogP contribution in [0.1, 0.15) is 42.9 Å². The fourth-order valence-electron chi connectivity index (χ4n) is 5.85. The molecular formula is C23H25NO3S. The van der Waals surface area contributed by atoms with Crippen LogP contribution in [0.4, 0.5) is 0 Å². The van der Waals surface area contributed by atoms with Crippen molar-refractivity contribution in [3.05, 3.63) is 65.7 Å². The first-order valence-electron chi connectivity index (χ1n) is 10.1. The molecule has 2 aromatic rings. The minimum absolute atomic E-state index is 0.0341. The summed E-state index contributed by atoms with van der Waals surface area (Å²) in [6, 6.07) is 16.8. The number of carbonyl (C=O) groups is 1. The summed E-state index contributed by atoms with van der Waals surface area (Å²) in [4.78, 5) is 14.0. The zero-order chi connectivity index (χ0) is 19.4. The Hall–Kier alpha value is -2.14. The second kappa shape index (κ2) is 6.45. The highest BCUT2D eigenvalue weighted by Crippen LogP contribution is 2.57. The average molecular weight is 396 g/mol. The van der Waals surface area contributed by atoms with E-state index in [0.717, 1.165) is 31.2 Å². The molecule has 146 valence electrons. The number of benzene rings is 2. The van der Waals surface area contributed by atoms with Crippen LogP contribution in [0.2, 0.25) is 0 Å². The largest absolute Gasteiger partial charge is 0.348 e. The van der Waals surface area contributed by atoms with E-state index in [1.54, 1.807) is 12.1 Å². The third-order valence-corrected chi connectivity index (χ3v) is 8.93. The smallest absolute Gasteiger partial charge is 0.227 e. The van der Waals surface area contributed by atoms with E-state index in [1.807, 2.05) is 30.3 Å². The summed E-state index contributed by atoms with van der Waals surface area (Å²) in [7, 11) is -3.33. The quantitative estimate of drug-likeness (QED) is 0.859. The number of amides is 1. The van der Waals surface area contributed by atoms with E-state index < -0.39 is 21.3 Å². The van der Waals surface area contributed by atoms with Crippen molar-refractivity contribution < 1.29 is 13.2 Å². The number of hydrogen-bond acceptors (Lipinski definition) is 3. The van der Waals surface area contributed by atoms with Gasteiger partial charge in [0.15, 0.2) is 9.84 Å². The molecule has 0 aromatic heterocycles. The monoisotopic (exact) mass is 395 g/mol. The average Bonchev–Trinajstić information content (AvgIpc) is 3.36. The van der Waals surface area contributed by atoms with Crippen molar-refractivity contribution in [2.45, 2.75) is 43.0 Å². The van der Waals surface area contributed by atoms with Gasteiger partial charge in [-0.15, -0.1) is 0 Å². The molecule has 4 unspecified atom stereocenters. The molecule has 0 radical (unpaired) electrons. The lowest BCUT2D eigenvalue weighted by molar-refractivity contribution is -0.134. The summed E-state index contributed by atoms with van der Waals surface area (Å²) in [6.07, 6.45) is 5.10. The number of nitrogens with one attached hydrogen (secondary N) is 1. The molecule has 2 bridgehead atoms. The van der Waals surface area contributed by atoms with Crippen LogP contribution < -0.4 is 5.32 Å². The Morgan fingerprint density at radius 1 is 1.04 bits per heavy atom. The first-order valence-corrected chi connectivity index (χ1v) is 11.8. The topological polar surface area (TPSA) is 63.2 Å². The number of carbonyl (C=O) groups excluding carboxylic acids is 1. The van der Waals surface area contributed by atoms with E-state index in [-0.39, 0.29) is 11.7 Å². The zero-order valence-electron chi connectivity index (χ0n) is 15.8. The van der Waals surface area contributed by atoms with Gasteiger partial charge in [-0.25, -0.2) is 8.42 Å². The lowest BCUT2D eigenvalue weighted by atomic mass is 9.68. The van der Waals surface area contributed by atoms with Crippen molar-refractivity contribution in [3.8, 4) is 0 Å². The van der Waals surface area contributed by atoms with Gasteiger partial charge >= 0.3 is 0 Å². The summed E-state index contributed by atoms with van der Waals surface area (Å²) in [5.41, 5.74) is 1.50. The third-order valence-electron chi connectivity index (χ3n) is 7.11. The molecule has 2 fully saturated rings. The van der Waals surface area contributed by atoms with Crippen LogP contribution >= 0.6 is 0 Å². The second-order valence-corrected chi connectivity index (χ2v) is 10.7. The van der Waals surface area contributed by atoms with Gasteiger partial charge in [-0.05, 0) is 54.7 Å². The standard InChI is InChI=1S/C23H25NO3S/c25-22(24-20-15-28(26,27)21-9-5-4-8-19(20)21)23(13-16-6-2-1-3-7-16)14-17-10-11-18(23)12-17/h1-9,17-18,20H,10-15H2,(H,24,25). The Labute approximate surface area is 166 Å². The van der Waals surface area contributed by atoms with Gasteiger partial charge in [-0.3, -0.25) is 4.79 Å². The van der Waals surface area contributed by atoms with E-state index in [2.05, 4.69) is 17.4 Å². The molecule has 1 aliphatic heterocycles. The molecule has 1 amide bonds. The SMILES string of the molecule is O=C(NC1CS(=O)(=O)c2ccccc21)C1(Cc2ccccc2)CC2CCC1C2. The van der Waals surface area contributed by atoms with Gasteiger partial charge in [0.25, 0.3) is 0 Å². The second-order valence-electron chi connectivity index (χ2n) is 8.74. The summed E-state index contributed by atoms with van der Waals surface area (Å²) >= 11 is 0. The lowest BCUT2D eigenvalue weighted by Crippen LogP contribution is -2.47. The van der Waals surface area contributed by atoms with Gasteiger partial charge in [0.2, 0.25) is 5.91 Å². The third kappa shape index (κ3) is 2.79. The molecule has 2 aromatic carbocycles. The summed E-state index contributed by atoms with van der Waals surface area (Å²) in [5.74, 6) is 1.03. The summed E-state index contributed by atoms with van der Waals surface area (Å²) in [6.45, 7) is 0. The van der Waals surface area contributed by atoms with E-state index in [1.165, 1.54) is 12.0 Å². The molecule has 1 heterocycles. The normalized spacial score (nSPS) is 32.2. The molecule has 5 heteroatoms. The molecular weight excluding hydrogens is 370 g/mol. The Bertz CT molecular complexity index is 1020. The molecule has 1 N–H and O–H groups in total. The van der Waals surface area contributed by atoms with E-state index in [0.29, 0.717) is 16.7 Å². The van der Waals surface area contributed by atoms with E-state index in [4.69, 9.17) is 0 Å². The first kappa shape index (κ1) is 17.9. The van der Waals surface area contributed by atoms with Crippen molar-refractivity contribution in [1.82, 2.24) is 5.32 Å². The van der Waals surface area contributed by atoms with Gasteiger partial charge in [-0.1, -0.05) is 55.0 Å². The van der Waals surface area contributed by atoms with Crippen LogP contribution in [0.25, 0.3) is 0 Å². The van der Waals surface area contributed by atoms with Gasteiger partial charge in [0, 0.05) is 0 Å². The van der Waals surface area contributed by atoms with Crippen molar-refractivity contribution >= 4 is 15.7 Å². The van der Waals surface area contributed by atoms with E-state index in [9.17, 15) is 13.2 Å². The molecule has 3 aliphatic rings. The molecule has 2 aliphatic carbocycles. The van der Waals surface area contributed by atoms with Gasteiger partial charge < -0.3 is 5.32 Å². The number of sulfone groups is 1. The van der Waals surface area contributed by atoms with Crippen molar-refractivity contribution in [3.63, 3.8) is 0 Å². The van der Waals surface area contributed by atoms with E-state index >= 15 is 0 Å². The van der Waals surface area contributed by atoms with Crippen molar-refractivity contribution in [1.29, 1.82) is 0 Å². The number of hydrogen-bond donors (Lipinski definition) is 1. The van der Waals surface area contributed by atoms with Crippen molar-refractivity contribution in [2.24, 2.45) is 17.3 Å². The highest BCUT2D eigenvalue weighted by Gasteiger charge is 2.55. The maximum Gasteiger partial charge on any atom is 0.227 e. The Morgan fingerprint density at radius 3 is 2.50 bits per heavy atom. The maximum atomic E-state index is 13.6. The Kier molecular flexibility index (Phi) is 4.13. The number of rotatable bonds is 4. The fraction of sp³-hybridized carbons (Fsp3) is 0.435. The molecule has 4 nitrogen and oxygen atoms in total. The maximum absolute atomic E-state index is 13.6. The zero-order valence-corrected chi connectivity index (χ0v) is 16.6.